The van der Waals surface area contributed by atoms with E-state index in [1.165, 1.54) is 0 Å². The summed E-state index contributed by atoms with van der Waals surface area (Å²) in [7, 11) is 0. The Hall–Kier alpha value is -2.20. The summed E-state index contributed by atoms with van der Waals surface area (Å²) in [6.45, 7) is 0.283. The van der Waals surface area contributed by atoms with E-state index in [0.717, 1.165) is 11.1 Å². The fourth-order valence-corrected chi connectivity index (χ4v) is 3.61. The molecule has 0 amide bonds. The van der Waals surface area contributed by atoms with Crippen LogP contribution in [0.1, 0.15) is 11.1 Å². The molecule has 1 saturated heterocycles. The second-order valence-electron chi connectivity index (χ2n) is 7.50. The van der Waals surface area contributed by atoms with Crippen LogP contribution < -0.4 is 0 Å². The molecule has 10 heteroatoms. The van der Waals surface area contributed by atoms with Crippen LogP contribution in [0, 0.1) is 0 Å². The number of halogens is 2. The number of ether oxygens (including phenoxy) is 5. The summed E-state index contributed by atoms with van der Waals surface area (Å²) < 4.78 is 28.2. The average molecular weight is 513 g/mol. The van der Waals surface area contributed by atoms with E-state index in [9.17, 15) is 14.7 Å². The first kappa shape index (κ1) is 26.4. The molecule has 2 aromatic rings. The zero-order chi connectivity index (χ0) is 24.3. The molecular weight excluding hydrogens is 487 g/mol. The molecule has 0 saturated carbocycles. The van der Waals surface area contributed by atoms with Crippen LogP contribution in [-0.2, 0) is 46.5 Å². The van der Waals surface area contributed by atoms with Crippen molar-refractivity contribution in [2.24, 2.45) is 0 Å². The predicted molar refractivity (Wildman–Crippen MR) is 123 cm³/mol. The molecule has 8 nitrogen and oxygen atoms in total. The van der Waals surface area contributed by atoms with Crippen LogP contribution in [0.5, 0.6) is 0 Å². The number of aliphatic hydroxyl groups excluding tert-OH is 1. The van der Waals surface area contributed by atoms with Crippen LogP contribution >= 0.6 is 23.2 Å². The molecule has 0 unspecified atom stereocenters. The van der Waals surface area contributed by atoms with E-state index in [2.05, 4.69) is 0 Å². The smallest absolute Gasteiger partial charge is 0.321 e. The molecule has 0 bridgehead atoms. The van der Waals surface area contributed by atoms with Crippen LogP contribution in [-0.4, -0.2) is 66.1 Å². The largest absolute Gasteiger partial charge is 0.455 e. The topological polar surface area (TPSA) is 101 Å². The van der Waals surface area contributed by atoms with Crippen molar-refractivity contribution >= 4 is 35.1 Å². The van der Waals surface area contributed by atoms with Crippen molar-refractivity contribution in [1.29, 1.82) is 0 Å². The lowest BCUT2D eigenvalue weighted by Gasteiger charge is -2.43. The highest BCUT2D eigenvalue weighted by molar-refractivity contribution is 6.26. The molecule has 34 heavy (non-hydrogen) atoms. The molecule has 1 aliphatic rings. The van der Waals surface area contributed by atoms with E-state index in [-0.39, 0.29) is 19.8 Å². The van der Waals surface area contributed by atoms with E-state index in [1.54, 1.807) is 0 Å². The van der Waals surface area contributed by atoms with Crippen LogP contribution in [0.2, 0.25) is 0 Å². The lowest BCUT2D eigenvalue weighted by atomic mass is 9.98. The van der Waals surface area contributed by atoms with E-state index in [1.807, 2.05) is 60.7 Å². The summed E-state index contributed by atoms with van der Waals surface area (Å²) in [5, 5.41) is 10.7. The van der Waals surface area contributed by atoms with Gasteiger partial charge in [-0.2, -0.15) is 0 Å². The van der Waals surface area contributed by atoms with Gasteiger partial charge in [0.25, 0.3) is 0 Å². The number of alkyl halides is 2. The number of benzene rings is 2. The number of aliphatic hydroxyl groups is 1. The number of carbonyl (C=O) groups excluding carboxylic acids is 2. The highest BCUT2D eigenvalue weighted by atomic mass is 35.5. The van der Waals surface area contributed by atoms with Gasteiger partial charge in [-0.1, -0.05) is 60.7 Å². The molecule has 0 aromatic heterocycles. The molecule has 0 radical (unpaired) electrons. The van der Waals surface area contributed by atoms with Crippen LogP contribution in [0.4, 0.5) is 0 Å². The molecule has 1 fully saturated rings. The Bertz CT molecular complexity index is 898. The lowest BCUT2D eigenvalue weighted by molar-refractivity contribution is -0.304. The zero-order valence-electron chi connectivity index (χ0n) is 18.3. The number of rotatable bonds is 11. The van der Waals surface area contributed by atoms with Crippen molar-refractivity contribution < 1.29 is 38.4 Å². The Kier molecular flexibility index (Phi) is 10.6. The van der Waals surface area contributed by atoms with Gasteiger partial charge in [0.2, 0.25) is 0 Å². The number of hydrogen-bond acceptors (Lipinski definition) is 8. The highest BCUT2D eigenvalue weighted by Gasteiger charge is 2.50. The first-order chi connectivity index (χ1) is 16.5. The quantitative estimate of drug-likeness (QED) is 0.362. The van der Waals surface area contributed by atoms with Gasteiger partial charge in [0, 0.05) is 0 Å². The number of carbonyl (C=O) groups is 2. The maximum Gasteiger partial charge on any atom is 0.321 e. The van der Waals surface area contributed by atoms with Crippen LogP contribution in [0.25, 0.3) is 0 Å². The van der Waals surface area contributed by atoms with Gasteiger partial charge in [-0.05, 0) is 11.1 Å². The van der Waals surface area contributed by atoms with Crippen molar-refractivity contribution in [3.05, 3.63) is 71.8 Å². The van der Waals surface area contributed by atoms with Crippen molar-refractivity contribution in [3.63, 3.8) is 0 Å². The van der Waals surface area contributed by atoms with Gasteiger partial charge in [0.05, 0.1) is 19.8 Å². The second kappa shape index (κ2) is 13.6. The molecule has 0 aliphatic carbocycles. The summed E-state index contributed by atoms with van der Waals surface area (Å²) in [4.78, 5) is 24.2. The van der Waals surface area contributed by atoms with E-state index in [4.69, 9.17) is 46.9 Å². The summed E-state index contributed by atoms with van der Waals surface area (Å²) >= 11 is 11.3. The normalized spacial score (nSPS) is 24.4. The first-order valence-electron chi connectivity index (χ1n) is 10.6. The van der Waals surface area contributed by atoms with Gasteiger partial charge in [0.1, 0.15) is 24.0 Å². The van der Waals surface area contributed by atoms with Gasteiger partial charge in [0.15, 0.2) is 18.5 Å². The Morgan fingerprint density at radius 1 is 0.794 bits per heavy atom. The number of hydrogen-bond donors (Lipinski definition) is 1. The second-order valence-corrected chi connectivity index (χ2v) is 8.04. The van der Waals surface area contributed by atoms with E-state index >= 15 is 0 Å². The van der Waals surface area contributed by atoms with Crippen LogP contribution in [0.3, 0.4) is 0 Å². The minimum Gasteiger partial charge on any atom is -0.455 e. The Morgan fingerprint density at radius 2 is 1.32 bits per heavy atom. The summed E-state index contributed by atoms with van der Waals surface area (Å²) in [6, 6.07) is 18.6. The average Bonchev–Trinajstić information content (AvgIpc) is 2.86. The highest BCUT2D eigenvalue weighted by Crippen LogP contribution is 2.29. The Balaban J connectivity index is 1.77. The molecular formula is C24H26Cl2O8. The fraction of sp³-hybridized carbons (Fsp3) is 0.417. The van der Waals surface area contributed by atoms with Gasteiger partial charge in [-0.3, -0.25) is 9.59 Å². The first-order valence-corrected chi connectivity index (χ1v) is 11.7. The Morgan fingerprint density at radius 3 is 1.88 bits per heavy atom. The third-order valence-corrected chi connectivity index (χ3v) is 5.48. The molecule has 0 spiro atoms. The SMILES string of the molecule is O=C(CCl)O[C@@H]1[C@@H](OCc2ccccc2)[C@@H](O)O[C@H](COCc2ccccc2)[C@@H]1OC(=O)CCl. The maximum atomic E-state index is 12.1. The summed E-state index contributed by atoms with van der Waals surface area (Å²) in [5.74, 6) is -2.40. The van der Waals surface area contributed by atoms with Crippen molar-refractivity contribution in [3.8, 4) is 0 Å². The van der Waals surface area contributed by atoms with Crippen molar-refractivity contribution in [2.45, 2.75) is 43.9 Å². The molecule has 1 heterocycles. The third kappa shape index (κ3) is 7.66. The molecule has 2 aromatic carbocycles. The predicted octanol–water partition coefficient (Wildman–Crippen LogP) is 2.81. The molecule has 1 N–H and O–H groups in total. The molecule has 5 atom stereocenters. The van der Waals surface area contributed by atoms with E-state index in [0.29, 0.717) is 0 Å². The standard InChI is InChI=1S/C24H26Cl2O8/c25-11-19(27)33-21-18(15-30-13-16-7-3-1-4-8-16)32-24(29)23(22(21)34-20(28)12-26)31-14-17-9-5-2-6-10-17/h1-10,18,21-24,29H,11-15H2/t18-,21+,22+,23-,24+/m1/s1. The lowest BCUT2D eigenvalue weighted by Crippen LogP contribution is -2.62. The van der Waals surface area contributed by atoms with Gasteiger partial charge < -0.3 is 28.8 Å². The minimum absolute atomic E-state index is 0.0630. The summed E-state index contributed by atoms with van der Waals surface area (Å²) in [5.41, 5.74) is 1.74. The molecule has 3 rings (SSSR count). The third-order valence-electron chi connectivity index (χ3n) is 5.04. The zero-order valence-corrected chi connectivity index (χ0v) is 19.8. The van der Waals surface area contributed by atoms with Crippen molar-refractivity contribution in [2.75, 3.05) is 18.4 Å². The van der Waals surface area contributed by atoms with Gasteiger partial charge >= 0.3 is 11.9 Å². The van der Waals surface area contributed by atoms with Crippen LogP contribution in [0.15, 0.2) is 60.7 Å². The number of esters is 2. The Labute approximate surface area is 207 Å². The fourth-order valence-electron chi connectivity index (χ4n) is 3.48. The van der Waals surface area contributed by atoms with E-state index < -0.39 is 54.4 Å². The molecule has 184 valence electrons. The minimum atomic E-state index is -1.49. The maximum absolute atomic E-state index is 12.1. The summed E-state index contributed by atoms with van der Waals surface area (Å²) in [6.07, 6.45) is -5.98. The molecule has 1 aliphatic heterocycles. The van der Waals surface area contributed by atoms with Gasteiger partial charge in [-0.25, -0.2) is 0 Å². The van der Waals surface area contributed by atoms with Crippen molar-refractivity contribution in [1.82, 2.24) is 0 Å². The monoisotopic (exact) mass is 512 g/mol. The van der Waals surface area contributed by atoms with Gasteiger partial charge in [-0.15, -0.1) is 23.2 Å².